The predicted octanol–water partition coefficient (Wildman–Crippen LogP) is 3.15. The summed E-state index contributed by atoms with van der Waals surface area (Å²) in [6.45, 7) is 3.76. The fourth-order valence-electron chi connectivity index (χ4n) is 3.01. The van der Waals surface area contributed by atoms with E-state index in [0.717, 1.165) is 22.6 Å². The van der Waals surface area contributed by atoms with E-state index < -0.39 is 5.91 Å². The molecular formula is C21H21ClN4O3. The lowest BCUT2D eigenvalue weighted by Gasteiger charge is -2.11. The minimum atomic E-state index is -0.522. The maximum Gasteiger partial charge on any atom is 0.273 e. The molecule has 7 nitrogen and oxygen atoms in total. The Morgan fingerprint density at radius 3 is 2.52 bits per heavy atom. The first-order valence-corrected chi connectivity index (χ1v) is 9.31. The molecule has 0 saturated heterocycles. The van der Waals surface area contributed by atoms with E-state index in [4.69, 9.17) is 16.3 Å². The monoisotopic (exact) mass is 412 g/mol. The number of hydrogen-bond acceptors (Lipinski definition) is 4. The zero-order valence-electron chi connectivity index (χ0n) is 16.3. The molecule has 1 heterocycles. The number of methoxy groups -OCH3 is 1. The van der Waals surface area contributed by atoms with Gasteiger partial charge in [-0.3, -0.25) is 20.4 Å². The molecule has 3 rings (SSSR count). The summed E-state index contributed by atoms with van der Waals surface area (Å²) in [4.78, 5) is 24.8. The number of rotatable bonds is 5. The molecular weight excluding hydrogens is 392 g/mol. The maximum atomic E-state index is 12.4. The number of hydrogen-bond donors (Lipinski definition) is 2. The highest BCUT2D eigenvalue weighted by atomic mass is 35.5. The SMILES string of the molecule is COc1ccc(Cl)cc1C(=O)NNC(=O)Cc1c(C)nn(-c2ccccc2)c1C. The van der Waals surface area contributed by atoms with Crippen molar-refractivity contribution in [3.05, 3.63) is 76.1 Å². The number of para-hydroxylation sites is 1. The Kier molecular flexibility index (Phi) is 6.19. The molecule has 2 aromatic carbocycles. The van der Waals surface area contributed by atoms with Crippen LogP contribution in [0.15, 0.2) is 48.5 Å². The van der Waals surface area contributed by atoms with Gasteiger partial charge in [0.1, 0.15) is 5.75 Å². The van der Waals surface area contributed by atoms with Crippen LogP contribution in [0.3, 0.4) is 0 Å². The Hall–Kier alpha value is -3.32. The van der Waals surface area contributed by atoms with E-state index in [1.807, 2.05) is 44.2 Å². The van der Waals surface area contributed by atoms with Crippen molar-refractivity contribution in [2.24, 2.45) is 0 Å². The van der Waals surface area contributed by atoms with Crippen LogP contribution >= 0.6 is 11.6 Å². The smallest absolute Gasteiger partial charge is 0.273 e. The molecule has 0 aliphatic carbocycles. The third kappa shape index (κ3) is 4.57. The summed E-state index contributed by atoms with van der Waals surface area (Å²) >= 11 is 5.94. The molecule has 0 radical (unpaired) electrons. The summed E-state index contributed by atoms with van der Waals surface area (Å²) in [6, 6.07) is 14.4. The van der Waals surface area contributed by atoms with Crippen LogP contribution in [0.2, 0.25) is 5.02 Å². The summed E-state index contributed by atoms with van der Waals surface area (Å²) in [7, 11) is 1.45. The number of ether oxygens (including phenoxy) is 1. The van der Waals surface area contributed by atoms with Gasteiger partial charge in [0.25, 0.3) is 5.91 Å². The van der Waals surface area contributed by atoms with E-state index in [1.165, 1.54) is 13.2 Å². The third-order valence-electron chi connectivity index (χ3n) is 4.50. The normalized spacial score (nSPS) is 10.5. The minimum Gasteiger partial charge on any atom is -0.496 e. The molecule has 0 atom stereocenters. The van der Waals surface area contributed by atoms with Gasteiger partial charge in [0, 0.05) is 16.3 Å². The Balaban J connectivity index is 1.68. The van der Waals surface area contributed by atoms with Gasteiger partial charge < -0.3 is 4.74 Å². The van der Waals surface area contributed by atoms with E-state index in [9.17, 15) is 9.59 Å². The van der Waals surface area contributed by atoms with Gasteiger partial charge in [0.05, 0.1) is 30.5 Å². The van der Waals surface area contributed by atoms with Gasteiger partial charge in [0.15, 0.2) is 0 Å². The minimum absolute atomic E-state index is 0.0808. The predicted molar refractivity (Wildman–Crippen MR) is 110 cm³/mol. The van der Waals surface area contributed by atoms with E-state index in [2.05, 4.69) is 16.0 Å². The average molecular weight is 413 g/mol. The van der Waals surface area contributed by atoms with Gasteiger partial charge in [0.2, 0.25) is 5.91 Å². The third-order valence-corrected chi connectivity index (χ3v) is 4.74. The number of amides is 2. The lowest BCUT2D eigenvalue weighted by atomic mass is 10.1. The molecule has 0 saturated carbocycles. The molecule has 0 aliphatic heterocycles. The first kappa shape index (κ1) is 20.4. The maximum absolute atomic E-state index is 12.4. The van der Waals surface area contributed by atoms with Gasteiger partial charge in [-0.05, 0) is 44.2 Å². The number of nitrogens with zero attached hydrogens (tertiary/aromatic N) is 2. The van der Waals surface area contributed by atoms with E-state index in [-0.39, 0.29) is 17.9 Å². The highest BCUT2D eigenvalue weighted by Crippen LogP contribution is 2.22. The van der Waals surface area contributed by atoms with Crippen molar-refractivity contribution in [3.8, 4) is 11.4 Å². The second-order valence-electron chi connectivity index (χ2n) is 6.42. The highest BCUT2D eigenvalue weighted by Gasteiger charge is 2.17. The fourth-order valence-corrected chi connectivity index (χ4v) is 3.18. The van der Waals surface area contributed by atoms with Gasteiger partial charge in [-0.15, -0.1) is 0 Å². The first-order chi connectivity index (χ1) is 13.9. The highest BCUT2D eigenvalue weighted by molar-refractivity contribution is 6.31. The van der Waals surface area contributed by atoms with Crippen molar-refractivity contribution in [2.45, 2.75) is 20.3 Å². The summed E-state index contributed by atoms with van der Waals surface area (Å²) in [5.41, 5.74) is 8.40. The lowest BCUT2D eigenvalue weighted by molar-refractivity contribution is -0.121. The molecule has 0 unspecified atom stereocenters. The number of benzene rings is 2. The van der Waals surface area contributed by atoms with E-state index >= 15 is 0 Å². The molecule has 0 aliphatic rings. The van der Waals surface area contributed by atoms with Gasteiger partial charge >= 0.3 is 0 Å². The quantitative estimate of drug-likeness (QED) is 0.630. The summed E-state index contributed by atoms with van der Waals surface area (Å²) in [5, 5.41) is 4.92. The first-order valence-electron chi connectivity index (χ1n) is 8.94. The Bertz CT molecular complexity index is 1050. The van der Waals surface area contributed by atoms with Crippen molar-refractivity contribution in [2.75, 3.05) is 7.11 Å². The molecule has 1 aromatic heterocycles. The van der Waals surface area contributed by atoms with Crippen LogP contribution in [0.4, 0.5) is 0 Å². The molecule has 0 bridgehead atoms. The number of nitrogens with one attached hydrogen (secondary N) is 2. The van der Waals surface area contributed by atoms with E-state index in [1.54, 1.807) is 16.8 Å². The number of carbonyl (C=O) groups is 2. The van der Waals surface area contributed by atoms with Crippen LogP contribution in [-0.2, 0) is 11.2 Å². The Labute approximate surface area is 173 Å². The number of hydrazine groups is 1. The second kappa shape index (κ2) is 8.79. The van der Waals surface area contributed by atoms with Gasteiger partial charge in [-0.1, -0.05) is 29.8 Å². The number of carbonyl (C=O) groups excluding carboxylic acids is 2. The number of aromatic nitrogens is 2. The van der Waals surface area contributed by atoms with Crippen LogP contribution in [0.25, 0.3) is 5.69 Å². The van der Waals surface area contributed by atoms with E-state index in [0.29, 0.717) is 10.8 Å². The Morgan fingerprint density at radius 1 is 1.10 bits per heavy atom. The van der Waals surface area contributed by atoms with Gasteiger partial charge in [-0.2, -0.15) is 5.10 Å². The van der Waals surface area contributed by atoms with Crippen LogP contribution in [-0.4, -0.2) is 28.7 Å². The standard InChI is InChI=1S/C21H21ClN4O3/c1-13-17(14(2)26(25-13)16-7-5-4-6-8-16)12-20(27)23-24-21(28)18-11-15(22)9-10-19(18)29-3/h4-11H,12H2,1-3H3,(H,23,27)(H,24,28). The molecule has 0 fully saturated rings. The van der Waals surface area contributed by atoms with Crippen LogP contribution in [0.5, 0.6) is 5.75 Å². The zero-order chi connectivity index (χ0) is 21.0. The fraction of sp³-hybridized carbons (Fsp3) is 0.190. The second-order valence-corrected chi connectivity index (χ2v) is 6.86. The summed E-state index contributed by atoms with van der Waals surface area (Å²) < 4.78 is 6.96. The van der Waals surface area contributed by atoms with Crippen molar-refractivity contribution >= 4 is 23.4 Å². The molecule has 2 N–H and O–H groups in total. The number of halogens is 1. The van der Waals surface area contributed by atoms with Crippen molar-refractivity contribution in [3.63, 3.8) is 0 Å². The summed E-state index contributed by atoms with van der Waals surface area (Å²) in [6.07, 6.45) is 0.0808. The summed E-state index contributed by atoms with van der Waals surface area (Å²) in [5.74, 6) is -0.527. The molecule has 29 heavy (non-hydrogen) atoms. The molecule has 3 aromatic rings. The topological polar surface area (TPSA) is 85.2 Å². The molecule has 8 heteroatoms. The Morgan fingerprint density at radius 2 is 1.83 bits per heavy atom. The average Bonchev–Trinajstić information content (AvgIpc) is 3.00. The lowest BCUT2D eigenvalue weighted by Crippen LogP contribution is -2.42. The van der Waals surface area contributed by atoms with Crippen LogP contribution in [0.1, 0.15) is 27.3 Å². The van der Waals surface area contributed by atoms with Crippen LogP contribution < -0.4 is 15.6 Å². The van der Waals surface area contributed by atoms with Crippen molar-refractivity contribution in [1.29, 1.82) is 0 Å². The zero-order valence-corrected chi connectivity index (χ0v) is 17.1. The van der Waals surface area contributed by atoms with Crippen molar-refractivity contribution < 1.29 is 14.3 Å². The van der Waals surface area contributed by atoms with Crippen LogP contribution in [0, 0.1) is 13.8 Å². The molecule has 150 valence electrons. The molecule has 0 spiro atoms. The largest absolute Gasteiger partial charge is 0.496 e. The number of aryl methyl sites for hydroxylation is 1. The van der Waals surface area contributed by atoms with Crippen molar-refractivity contribution in [1.82, 2.24) is 20.6 Å². The molecule has 2 amide bonds. The van der Waals surface area contributed by atoms with Gasteiger partial charge in [-0.25, -0.2) is 4.68 Å².